The molecule has 2 heterocycles. The van der Waals surface area contributed by atoms with Gasteiger partial charge in [-0.1, -0.05) is 35.9 Å². The van der Waals surface area contributed by atoms with Crippen molar-refractivity contribution in [1.82, 2.24) is 14.4 Å². The molecule has 2 amide bonds. The minimum absolute atomic E-state index is 0.0675. The second kappa shape index (κ2) is 7.62. The zero-order valence-electron chi connectivity index (χ0n) is 15.4. The van der Waals surface area contributed by atoms with Gasteiger partial charge in [0.25, 0.3) is 0 Å². The fourth-order valence-electron chi connectivity index (χ4n) is 3.67. The molecule has 1 fully saturated rings. The summed E-state index contributed by atoms with van der Waals surface area (Å²) in [6.45, 7) is 4.08. The van der Waals surface area contributed by atoms with Gasteiger partial charge in [0.05, 0.1) is 0 Å². The third-order valence-corrected chi connectivity index (χ3v) is 5.34. The average molecular weight is 383 g/mol. The molecule has 0 saturated carbocycles. The molecule has 0 aliphatic carbocycles. The summed E-state index contributed by atoms with van der Waals surface area (Å²) >= 11 is 5.98. The van der Waals surface area contributed by atoms with Gasteiger partial charge in [-0.25, -0.2) is 4.79 Å². The Hall–Kier alpha value is -2.50. The standard InChI is InChI=1S/C21H23ClN4O/c1-24-14-16(19-7-2-3-8-20(19)24)15-25-9-11-26(12-10-25)21(27)23-18-6-4-5-17(22)13-18/h2-8,13-14H,9-12,15H2,1H3,(H,23,27). The molecule has 1 aromatic heterocycles. The normalized spacial score (nSPS) is 15.3. The molecule has 27 heavy (non-hydrogen) atoms. The van der Waals surface area contributed by atoms with Crippen LogP contribution in [-0.4, -0.2) is 46.6 Å². The molecule has 1 saturated heterocycles. The zero-order chi connectivity index (χ0) is 18.8. The molecule has 1 N–H and O–H groups in total. The molecule has 5 nitrogen and oxygen atoms in total. The zero-order valence-corrected chi connectivity index (χ0v) is 16.1. The molecule has 1 aliphatic rings. The van der Waals surface area contributed by atoms with Crippen molar-refractivity contribution in [2.45, 2.75) is 6.54 Å². The third kappa shape index (κ3) is 3.94. The maximum atomic E-state index is 12.5. The minimum atomic E-state index is -0.0675. The van der Waals surface area contributed by atoms with Gasteiger partial charge < -0.3 is 14.8 Å². The average Bonchev–Trinajstić information content (AvgIpc) is 2.98. The Bertz CT molecular complexity index is 960. The monoisotopic (exact) mass is 382 g/mol. The molecule has 0 spiro atoms. The fourth-order valence-corrected chi connectivity index (χ4v) is 3.86. The number of amides is 2. The van der Waals surface area contributed by atoms with Crippen LogP contribution in [0.3, 0.4) is 0 Å². The van der Waals surface area contributed by atoms with Gasteiger partial charge in [-0.15, -0.1) is 0 Å². The van der Waals surface area contributed by atoms with Crippen molar-refractivity contribution in [2.75, 3.05) is 31.5 Å². The molecule has 3 aromatic rings. The summed E-state index contributed by atoms with van der Waals surface area (Å²) in [5.74, 6) is 0. The van der Waals surface area contributed by atoms with Gasteiger partial charge in [-0.3, -0.25) is 4.90 Å². The van der Waals surface area contributed by atoms with E-state index in [0.717, 1.165) is 38.4 Å². The van der Waals surface area contributed by atoms with Gasteiger partial charge in [-0.2, -0.15) is 0 Å². The Labute approximate surface area is 164 Å². The first kappa shape index (κ1) is 17.9. The van der Waals surface area contributed by atoms with Crippen molar-refractivity contribution >= 4 is 34.2 Å². The van der Waals surface area contributed by atoms with Crippen LogP contribution in [0.5, 0.6) is 0 Å². The van der Waals surface area contributed by atoms with Crippen LogP contribution in [0.1, 0.15) is 5.56 Å². The van der Waals surface area contributed by atoms with Crippen molar-refractivity contribution in [3.63, 3.8) is 0 Å². The Morgan fingerprint density at radius 1 is 1.07 bits per heavy atom. The number of urea groups is 1. The number of para-hydroxylation sites is 1. The molecular formula is C21H23ClN4O. The van der Waals surface area contributed by atoms with Gasteiger partial charge in [0.2, 0.25) is 0 Å². The summed E-state index contributed by atoms with van der Waals surface area (Å²) in [6, 6.07) is 15.7. The number of carbonyl (C=O) groups is 1. The van der Waals surface area contributed by atoms with Gasteiger partial charge >= 0.3 is 6.03 Å². The van der Waals surface area contributed by atoms with E-state index in [9.17, 15) is 4.79 Å². The first-order valence-electron chi connectivity index (χ1n) is 9.17. The lowest BCUT2D eigenvalue weighted by Gasteiger charge is -2.34. The number of fused-ring (bicyclic) bond motifs is 1. The number of rotatable bonds is 3. The summed E-state index contributed by atoms with van der Waals surface area (Å²) < 4.78 is 2.18. The van der Waals surface area contributed by atoms with E-state index in [2.05, 4.69) is 52.3 Å². The lowest BCUT2D eigenvalue weighted by atomic mass is 10.1. The van der Waals surface area contributed by atoms with E-state index in [-0.39, 0.29) is 6.03 Å². The number of hydrogen-bond acceptors (Lipinski definition) is 2. The number of piperazine rings is 1. The largest absolute Gasteiger partial charge is 0.350 e. The van der Waals surface area contributed by atoms with E-state index >= 15 is 0 Å². The molecule has 140 valence electrons. The summed E-state index contributed by atoms with van der Waals surface area (Å²) in [5, 5.41) is 4.85. The number of nitrogens with one attached hydrogen (secondary N) is 1. The quantitative estimate of drug-likeness (QED) is 0.738. The highest BCUT2D eigenvalue weighted by molar-refractivity contribution is 6.30. The van der Waals surface area contributed by atoms with Crippen LogP contribution in [-0.2, 0) is 13.6 Å². The number of benzene rings is 2. The maximum Gasteiger partial charge on any atom is 0.321 e. The molecule has 0 unspecified atom stereocenters. The van der Waals surface area contributed by atoms with E-state index in [4.69, 9.17) is 11.6 Å². The third-order valence-electron chi connectivity index (χ3n) is 5.11. The minimum Gasteiger partial charge on any atom is -0.350 e. The maximum absolute atomic E-state index is 12.5. The molecular weight excluding hydrogens is 360 g/mol. The first-order chi connectivity index (χ1) is 13.1. The number of hydrogen-bond donors (Lipinski definition) is 1. The topological polar surface area (TPSA) is 40.5 Å². The van der Waals surface area contributed by atoms with E-state index in [0.29, 0.717) is 5.02 Å². The highest BCUT2D eigenvalue weighted by atomic mass is 35.5. The number of aromatic nitrogens is 1. The number of aryl methyl sites for hydroxylation is 1. The van der Waals surface area contributed by atoms with Gasteiger partial charge in [0.1, 0.15) is 0 Å². The van der Waals surface area contributed by atoms with Crippen LogP contribution in [0.25, 0.3) is 10.9 Å². The molecule has 4 rings (SSSR count). The van der Waals surface area contributed by atoms with Crippen LogP contribution in [0.4, 0.5) is 10.5 Å². The Kier molecular flexibility index (Phi) is 5.05. The highest BCUT2D eigenvalue weighted by Crippen LogP contribution is 2.22. The smallest absolute Gasteiger partial charge is 0.321 e. The van der Waals surface area contributed by atoms with Crippen LogP contribution in [0.2, 0.25) is 5.02 Å². The lowest BCUT2D eigenvalue weighted by molar-refractivity contribution is 0.143. The molecule has 0 atom stereocenters. The van der Waals surface area contributed by atoms with Gasteiger partial charge in [-0.05, 0) is 29.8 Å². The summed E-state index contributed by atoms with van der Waals surface area (Å²) in [4.78, 5) is 16.7. The molecule has 2 aromatic carbocycles. The number of halogens is 1. The van der Waals surface area contributed by atoms with Gasteiger partial charge in [0, 0.05) is 67.6 Å². The van der Waals surface area contributed by atoms with E-state index in [1.54, 1.807) is 12.1 Å². The predicted molar refractivity (Wildman–Crippen MR) is 110 cm³/mol. The van der Waals surface area contributed by atoms with Crippen LogP contribution in [0.15, 0.2) is 54.7 Å². The second-order valence-electron chi connectivity index (χ2n) is 6.99. The van der Waals surface area contributed by atoms with Crippen LogP contribution < -0.4 is 5.32 Å². The summed E-state index contributed by atoms with van der Waals surface area (Å²) in [6.07, 6.45) is 2.21. The van der Waals surface area contributed by atoms with Crippen molar-refractivity contribution in [3.05, 3.63) is 65.3 Å². The van der Waals surface area contributed by atoms with Crippen LogP contribution >= 0.6 is 11.6 Å². The van der Waals surface area contributed by atoms with Crippen molar-refractivity contribution in [3.8, 4) is 0 Å². The van der Waals surface area contributed by atoms with E-state index in [1.165, 1.54) is 16.5 Å². The second-order valence-corrected chi connectivity index (χ2v) is 7.42. The SMILES string of the molecule is Cn1cc(CN2CCN(C(=O)Nc3cccc(Cl)c3)CC2)c2ccccc21. The van der Waals surface area contributed by atoms with E-state index in [1.807, 2.05) is 17.0 Å². The van der Waals surface area contributed by atoms with Crippen molar-refractivity contribution < 1.29 is 4.79 Å². The van der Waals surface area contributed by atoms with Gasteiger partial charge in [0.15, 0.2) is 0 Å². The summed E-state index contributed by atoms with van der Waals surface area (Å²) in [7, 11) is 2.09. The van der Waals surface area contributed by atoms with Crippen molar-refractivity contribution in [2.24, 2.45) is 7.05 Å². The Balaban J connectivity index is 1.35. The number of anilines is 1. The molecule has 0 bridgehead atoms. The van der Waals surface area contributed by atoms with Crippen LogP contribution in [0, 0.1) is 0 Å². The number of carbonyl (C=O) groups excluding carboxylic acids is 1. The van der Waals surface area contributed by atoms with E-state index < -0.39 is 0 Å². The summed E-state index contributed by atoms with van der Waals surface area (Å²) in [5.41, 5.74) is 3.32. The molecule has 0 radical (unpaired) electrons. The first-order valence-corrected chi connectivity index (χ1v) is 9.55. The lowest BCUT2D eigenvalue weighted by Crippen LogP contribution is -2.49. The van der Waals surface area contributed by atoms with Crippen molar-refractivity contribution in [1.29, 1.82) is 0 Å². The Morgan fingerprint density at radius 3 is 2.63 bits per heavy atom. The predicted octanol–water partition coefficient (Wildman–Crippen LogP) is 4.18. The molecule has 1 aliphatic heterocycles. The molecule has 6 heteroatoms. The fraction of sp³-hybridized carbons (Fsp3) is 0.286. The Morgan fingerprint density at radius 2 is 1.85 bits per heavy atom. The number of nitrogens with zero attached hydrogens (tertiary/aromatic N) is 3. The highest BCUT2D eigenvalue weighted by Gasteiger charge is 2.22.